The quantitative estimate of drug-likeness (QED) is 0.274. The van der Waals surface area contributed by atoms with Crippen molar-refractivity contribution in [3.63, 3.8) is 0 Å². The molecular formula is C14H16N2O3S. The van der Waals surface area contributed by atoms with Gasteiger partial charge >= 0.3 is 5.04 Å². The highest BCUT2D eigenvalue weighted by Gasteiger charge is 2.38. The van der Waals surface area contributed by atoms with Gasteiger partial charge in [-0.3, -0.25) is 4.79 Å². The van der Waals surface area contributed by atoms with Crippen LogP contribution >= 0.6 is 0 Å². The zero-order valence-electron chi connectivity index (χ0n) is 11.5. The molecule has 0 radical (unpaired) electrons. The number of carbonyl (C=O) groups is 1. The molecule has 0 aliphatic carbocycles. The van der Waals surface area contributed by atoms with E-state index in [0.29, 0.717) is 17.5 Å². The average Bonchev–Trinajstić information content (AvgIpc) is 2.36. The second-order valence-electron chi connectivity index (χ2n) is 4.38. The summed E-state index contributed by atoms with van der Waals surface area (Å²) in [6, 6.07) is 4.98. The number of ketones is 1. The number of benzene rings is 1. The van der Waals surface area contributed by atoms with Crippen LogP contribution in [0.1, 0.15) is 24.0 Å². The Balaban J connectivity index is 3.38. The minimum absolute atomic E-state index is 0.0137. The summed E-state index contributed by atoms with van der Waals surface area (Å²) in [5, 5.41) is -0.822. The first-order valence-electron chi connectivity index (χ1n) is 6.03. The van der Waals surface area contributed by atoms with Crippen LogP contribution in [0.4, 0.5) is 0 Å². The van der Waals surface area contributed by atoms with Crippen LogP contribution in [-0.4, -0.2) is 24.0 Å². The topological polar surface area (TPSA) is 87.6 Å². The zero-order valence-corrected chi connectivity index (χ0v) is 12.3. The average molecular weight is 292 g/mol. The van der Waals surface area contributed by atoms with Crippen molar-refractivity contribution in [1.82, 2.24) is 0 Å². The van der Waals surface area contributed by atoms with E-state index in [4.69, 9.17) is 5.53 Å². The number of sulfone groups is 1. The van der Waals surface area contributed by atoms with Crippen molar-refractivity contribution < 1.29 is 18.0 Å². The van der Waals surface area contributed by atoms with Crippen molar-refractivity contribution in [2.24, 2.45) is 0 Å². The molecule has 20 heavy (non-hydrogen) atoms. The van der Waals surface area contributed by atoms with E-state index in [0.717, 1.165) is 0 Å². The summed E-state index contributed by atoms with van der Waals surface area (Å²) < 4.78 is 24.9. The smallest absolute Gasteiger partial charge is 0.360 e. The molecule has 0 saturated heterocycles. The van der Waals surface area contributed by atoms with Crippen molar-refractivity contribution in [3.05, 3.63) is 47.5 Å². The van der Waals surface area contributed by atoms with Crippen LogP contribution in [0.3, 0.4) is 0 Å². The molecule has 1 aromatic rings. The van der Waals surface area contributed by atoms with Gasteiger partial charge in [0.2, 0.25) is 0 Å². The highest BCUT2D eigenvalue weighted by atomic mass is 32.2. The molecule has 1 aromatic carbocycles. The van der Waals surface area contributed by atoms with Gasteiger partial charge in [-0.25, -0.2) is 8.42 Å². The van der Waals surface area contributed by atoms with Crippen LogP contribution < -0.4 is 0 Å². The van der Waals surface area contributed by atoms with E-state index < -0.39 is 20.7 Å². The summed E-state index contributed by atoms with van der Waals surface area (Å²) in [7, 11) is -4.13. The molecule has 0 saturated carbocycles. The standard InChI is InChI=1S/C14H16N2O3S/c1-4-5-9-12(17)14(16-15)20(18,19)13-10(2)7-6-8-11(13)3/h4,6-8H,1,5,9H2,2-3H3. The molecule has 0 fully saturated rings. The number of hydrogen-bond donors (Lipinski definition) is 0. The molecule has 0 aliphatic heterocycles. The molecular weight excluding hydrogens is 276 g/mol. The molecule has 1 rings (SSSR count). The predicted molar refractivity (Wildman–Crippen MR) is 76.2 cm³/mol. The minimum Gasteiger partial charge on any atom is -0.360 e. The second kappa shape index (κ2) is 6.41. The molecule has 106 valence electrons. The third-order valence-electron chi connectivity index (χ3n) is 2.84. The van der Waals surface area contributed by atoms with E-state index >= 15 is 0 Å². The van der Waals surface area contributed by atoms with Crippen molar-refractivity contribution >= 4 is 20.7 Å². The SMILES string of the molecule is C=CCCC(=O)C(=[N+]=[N-])S(=O)(=O)c1c(C)cccc1C. The Bertz CT molecular complexity index is 679. The Kier molecular flexibility index (Phi) is 5.13. The van der Waals surface area contributed by atoms with E-state index in [1.807, 2.05) is 0 Å². The number of allylic oxidation sites excluding steroid dienone is 1. The molecule has 0 amide bonds. The summed E-state index contributed by atoms with van der Waals surface area (Å²) in [5.41, 5.74) is 9.94. The Morgan fingerprint density at radius 1 is 1.35 bits per heavy atom. The fraction of sp³-hybridized carbons (Fsp3) is 0.286. The van der Waals surface area contributed by atoms with Crippen LogP contribution in [-0.2, 0) is 14.6 Å². The highest BCUT2D eigenvalue weighted by molar-refractivity contribution is 8.08. The molecule has 0 bridgehead atoms. The minimum atomic E-state index is -4.13. The molecule has 0 spiro atoms. The summed E-state index contributed by atoms with van der Waals surface area (Å²) in [6.45, 7) is 6.72. The Morgan fingerprint density at radius 2 is 1.90 bits per heavy atom. The first kappa shape index (κ1) is 16.0. The van der Waals surface area contributed by atoms with Crippen LogP contribution in [0.25, 0.3) is 5.53 Å². The summed E-state index contributed by atoms with van der Waals surface area (Å²) in [5.74, 6) is -0.727. The Labute approximate surface area is 118 Å². The monoisotopic (exact) mass is 292 g/mol. The van der Waals surface area contributed by atoms with Gasteiger partial charge < -0.3 is 5.53 Å². The largest absolute Gasteiger partial charge is 0.451 e. The van der Waals surface area contributed by atoms with Gasteiger partial charge in [-0.1, -0.05) is 24.3 Å². The third-order valence-corrected chi connectivity index (χ3v) is 4.84. The van der Waals surface area contributed by atoms with Gasteiger partial charge in [-0.15, -0.1) is 11.4 Å². The normalized spacial score (nSPS) is 10.7. The number of nitrogens with zero attached hydrogens (tertiary/aromatic N) is 2. The maximum absolute atomic E-state index is 12.5. The fourth-order valence-corrected chi connectivity index (χ4v) is 3.61. The first-order valence-corrected chi connectivity index (χ1v) is 7.52. The van der Waals surface area contributed by atoms with E-state index in [-0.39, 0.29) is 11.3 Å². The lowest BCUT2D eigenvalue weighted by atomic mass is 10.2. The second-order valence-corrected chi connectivity index (χ2v) is 6.18. The fourth-order valence-electron chi connectivity index (χ4n) is 1.92. The third kappa shape index (κ3) is 3.10. The first-order chi connectivity index (χ1) is 9.36. The van der Waals surface area contributed by atoms with E-state index in [2.05, 4.69) is 11.4 Å². The number of Topliss-reactive ketones (excluding diaryl/α,β-unsaturated/α-hetero) is 1. The molecule has 0 atom stereocenters. The number of aryl methyl sites for hydroxylation is 2. The molecule has 6 heteroatoms. The lowest BCUT2D eigenvalue weighted by Gasteiger charge is -2.07. The highest BCUT2D eigenvalue weighted by Crippen LogP contribution is 2.22. The van der Waals surface area contributed by atoms with Gasteiger partial charge in [-0.05, 0) is 31.4 Å². The van der Waals surface area contributed by atoms with Crippen molar-refractivity contribution in [2.45, 2.75) is 31.6 Å². The van der Waals surface area contributed by atoms with Gasteiger partial charge in [0.1, 0.15) is 0 Å². The maximum Gasteiger partial charge on any atom is 0.451 e. The van der Waals surface area contributed by atoms with Crippen LogP contribution in [0.5, 0.6) is 0 Å². The van der Waals surface area contributed by atoms with Gasteiger partial charge in [0.15, 0.2) is 0 Å². The summed E-state index contributed by atoms with van der Waals surface area (Å²) >= 11 is 0. The number of carbonyl (C=O) groups excluding carboxylic acids is 1. The van der Waals surface area contributed by atoms with Gasteiger partial charge in [0.25, 0.3) is 15.6 Å². The molecule has 0 aromatic heterocycles. The van der Waals surface area contributed by atoms with Crippen LogP contribution in [0.2, 0.25) is 0 Å². The van der Waals surface area contributed by atoms with E-state index in [1.54, 1.807) is 32.0 Å². The zero-order chi connectivity index (χ0) is 15.3. The van der Waals surface area contributed by atoms with Gasteiger partial charge in [0.05, 0.1) is 4.90 Å². The summed E-state index contributed by atoms with van der Waals surface area (Å²) in [4.78, 5) is 14.6. The number of hydrogen-bond acceptors (Lipinski definition) is 3. The Hall–Kier alpha value is -2.04. The van der Waals surface area contributed by atoms with Crippen molar-refractivity contribution in [3.8, 4) is 0 Å². The lowest BCUT2D eigenvalue weighted by molar-refractivity contribution is -0.116. The maximum atomic E-state index is 12.5. The Morgan fingerprint density at radius 3 is 2.35 bits per heavy atom. The van der Waals surface area contributed by atoms with Crippen LogP contribution in [0.15, 0.2) is 35.7 Å². The predicted octanol–water partition coefficient (Wildman–Crippen LogP) is 2.24. The molecule has 0 N–H and O–H groups in total. The van der Waals surface area contributed by atoms with Crippen LogP contribution in [0, 0.1) is 13.8 Å². The van der Waals surface area contributed by atoms with Crippen molar-refractivity contribution in [2.75, 3.05) is 0 Å². The van der Waals surface area contributed by atoms with Gasteiger partial charge in [-0.2, -0.15) is 0 Å². The van der Waals surface area contributed by atoms with Crippen molar-refractivity contribution in [1.29, 1.82) is 0 Å². The molecule has 5 nitrogen and oxygen atoms in total. The molecule has 0 unspecified atom stereocenters. The van der Waals surface area contributed by atoms with E-state index in [1.165, 1.54) is 6.08 Å². The molecule has 0 heterocycles. The number of rotatable bonds is 5. The van der Waals surface area contributed by atoms with Gasteiger partial charge in [0, 0.05) is 6.42 Å². The van der Waals surface area contributed by atoms with E-state index in [9.17, 15) is 13.2 Å². The summed E-state index contributed by atoms with van der Waals surface area (Å²) in [6.07, 6.45) is 1.76. The molecule has 0 aliphatic rings. The lowest BCUT2D eigenvalue weighted by Crippen LogP contribution is -2.26.